The lowest BCUT2D eigenvalue weighted by atomic mass is 10.1. The fourth-order valence-corrected chi connectivity index (χ4v) is 1.86. The molecule has 0 radical (unpaired) electrons. The third kappa shape index (κ3) is 4.14. The Kier molecular flexibility index (Phi) is 4.62. The molecule has 2 amide bonds. The molecule has 0 aliphatic carbocycles. The summed E-state index contributed by atoms with van der Waals surface area (Å²) in [5.74, 6) is -1.31. The van der Waals surface area contributed by atoms with Crippen molar-refractivity contribution in [1.82, 2.24) is 5.32 Å². The molecule has 1 atom stereocenters. The van der Waals surface area contributed by atoms with Gasteiger partial charge in [0, 0.05) is 16.9 Å². The Morgan fingerprint density at radius 1 is 1.53 bits per heavy atom. The average molecular weight is 303 g/mol. The topological polar surface area (TPSA) is 72.2 Å². The van der Waals surface area contributed by atoms with Crippen LogP contribution in [0.4, 0.5) is 4.39 Å². The highest BCUT2D eigenvalue weighted by Crippen LogP contribution is 2.18. The van der Waals surface area contributed by atoms with E-state index in [0.717, 1.165) is 0 Å². The largest absolute Gasteiger partial charge is 0.370 e. The first-order valence-corrected chi connectivity index (χ1v) is 5.73. The maximum atomic E-state index is 12.8. The molecular formula is C11H12BrFN2O2. The zero-order valence-corrected chi connectivity index (χ0v) is 10.8. The van der Waals surface area contributed by atoms with E-state index >= 15 is 0 Å². The molecule has 0 saturated heterocycles. The Balaban J connectivity index is 2.73. The number of nitrogens with two attached hydrogens (primary N) is 1. The molecule has 6 heteroatoms. The van der Waals surface area contributed by atoms with Crippen LogP contribution in [0.5, 0.6) is 0 Å². The molecular weight excluding hydrogens is 291 g/mol. The smallest absolute Gasteiger partial charge is 0.252 e. The van der Waals surface area contributed by atoms with Crippen molar-refractivity contribution >= 4 is 27.7 Å². The summed E-state index contributed by atoms with van der Waals surface area (Å²) in [4.78, 5) is 22.4. The van der Waals surface area contributed by atoms with Crippen LogP contribution in [0.15, 0.2) is 22.7 Å². The molecule has 0 fully saturated rings. The second-order valence-corrected chi connectivity index (χ2v) is 4.52. The number of primary amides is 1. The van der Waals surface area contributed by atoms with Crippen LogP contribution in [0.2, 0.25) is 0 Å². The normalized spacial score (nSPS) is 11.9. The van der Waals surface area contributed by atoms with Gasteiger partial charge in [-0.05, 0) is 41.1 Å². The second-order valence-electron chi connectivity index (χ2n) is 3.67. The lowest BCUT2D eigenvalue weighted by Gasteiger charge is -2.12. The zero-order valence-electron chi connectivity index (χ0n) is 9.17. The lowest BCUT2D eigenvalue weighted by molar-refractivity contribution is -0.118. The first kappa shape index (κ1) is 13.6. The number of amides is 2. The Hall–Kier alpha value is -1.43. The molecule has 0 aliphatic rings. The van der Waals surface area contributed by atoms with Crippen molar-refractivity contribution in [2.24, 2.45) is 5.73 Å². The van der Waals surface area contributed by atoms with Gasteiger partial charge in [0.2, 0.25) is 5.91 Å². The highest BCUT2D eigenvalue weighted by molar-refractivity contribution is 9.10. The highest BCUT2D eigenvalue weighted by Gasteiger charge is 2.14. The van der Waals surface area contributed by atoms with E-state index in [1.807, 2.05) is 0 Å². The van der Waals surface area contributed by atoms with E-state index in [9.17, 15) is 14.0 Å². The predicted molar refractivity (Wildman–Crippen MR) is 64.8 cm³/mol. The number of halogens is 2. The monoisotopic (exact) mass is 302 g/mol. The zero-order chi connectivity index (χ0) is 13.0. The summed E-state index contributed by atoms with van der Waals surface area (Å²) in [6, 6.07) is 3.40. The standard InChI is InChI=1S/C11H12BrFN2O2/c1-6(4-10(14)16)15-11(17)8-3-2-7(13)5-9(8)12/h2-3,5-6H,4H2,1H3,(H2,14,16)(H,15,17). The van der Waals surface area contributed by atoms with Crippen LogP contribution in [-0.2, 0) is 4.79 Å². The van der Waals surface area contributed by atoms with Crippen molar-refractivity contribution < 1.29 is 14.0 Å². The molecule has 1 rings (SSSR count). The number of carbonyl (C=O) groups is 2. The highest BCUT2D eigenvalue weighted by atomic mass is 79.9. The third-order valence-electron chi connectivity index (χ3n) is 2.06. The summed E-state index contributed by atoms with van der Waals surface area (Å²) in [6.45, 7) is 1.67. The minimum absolute atomic E-state index is 0.0601. The third-order valence-corrected chi connectivity index (χ3v) is 2.72. The number of hydrogen-bond donors (Lipinski definition) is 2. The van der Waals surface area contributed by atoms with Crippen molar-refractivity contribution in [1.29, 1.82) is 0 Å². The summed E-state index contributed by atoms with van der Waals surface area (Å²) in [5.41, 5.74) is 5.32. The van der Waals surface area contributed by atoms with Gasteiger partial charge in [-0.3, -0.25) is 9.59 Å². The van der Waals surface area contributed by atoms with E-state index in [-0.39, 0.29) is 18.4 Å². The molecule has 0 heterocycles. The molecule has 0 aliphatic heterocycles. The Morgan fingerprint density at radius 2 is 2.18 bits per heavy atom. The van der Waals surface area contributed by atoms with Gasteiger partial charge >= 0.3 is 0 Å². The van der Waals surface area contributed by atoms with E-state index in [1.54, 1.807) is 6.92 Å². The SMILES string of the molecule is CC(CC(N)=O)NC(=O)c1ccc(F)cc1Br. The maximum absolute atomic E-state index is 12.8. The molecule has 0 spiro atoms. The Morgan fingerprint density at radius 3 is 2.71 bits per heavy atom. The molecule has 0 aromatic heterocycles. The molecule has 4 nitrogen and oxygen atoms in total. The predicted octanol–water partition coefficient (Wildman–Crippen LogP) is 1.58. The molecule has 92 valence electrons. The van der Waals surface area contributed by atoms with Gasteiger partial charge in [0.25, 0.3) is 5.91 Å². The van der Waals surface area contributed by atoms with Crippen LogP contribution < -0.4 is 11.1 Å². The summed E-state index contributed by atoms with van der Waals surface area (Å²) >= 11 is 3.10. The van der Waals surface area contributed by atoms with E-state index in [0.29, 0.717) is 10.0 Å². The van der Waals surface area contributed by atoms with E-state index in [2.05, 4.69) is 21.2 Å². The van der Waals surface area contributed by atoms with Gasteiger partial charge in [0.15, 0.2) is 0 Å². The summed E-state index contributed by atoms with van der Waals surface area (Å²) in [6.07, 6.45) is 0.0601. The molecule has 1 aromatic carbocycles. The second kappa shape index (κ2) is 5.77. The summed E-state index contributed by atoms with van der Waals surface area (Å²) < 4.78 is 13.2. The molecule has 0 bridgehead atoms. The van der Waals surface area contributed by atoms with Crippen LogP contribution in [0, 0.1) is 5.82 Å². The first-order chi connectivity index (χ1) is 7.90. The minimum Gasteiger partial charge on any atom is -0.370 e. The van der Waals surface area contributed by atoms with Gasteiger partial charge in [-0.15, -0.1) is 0 Å². The Bertz CT molecular complexity index is 451. The maximum Gasteiger partial charge on any atom is 0.252 e. The first-order valence-electron chi connectivity index (χ1n) is 4.94. The number of rotatable bonds is 4. The number of carbonyl (C=O) groups excluding carboxylic acids is 2. The van der Waals surface area contributed by atoms with Crippen LogP contribution in [0.25, 0.3) is 0 Å². The van der Waals surface area contributed by atoms with Crippen LogP contribution in [-0.4, -0.2) is 17.9 Å². The minimum atomic E-state index is -0.490. The number of benzene rings is 1. The Labute approximate surface area is 107 Å². The van der Waals surface area contributed by atoms with Gasteiger partial charge in [-0.25, -0.2) is 4.39 Å². The molecule has 0 saturated carbocycles. The number of nitrogens with one attached hydrogen (secondary N) is 1. The molecule has 1 unspecified atom stereocenters. The fourth-order valence-electron chi connectivity index (χ4n) is 1.33. The molecule has 1 aromatic rings. The lowest BCUT2D eigenvalue weighted by Crippen LogP contribution is -2.35. The van der Waals surface area contributed by atoms with Crippen LogP contribution in [0.1, 0.15) is 23.7 Å². The van der Waals surface area contributed by atoms with Crippen molar-refractivity contribution in [3.05, 3.63) is 34.1 Å². The van der Waals surface area contributed by atoms with Crippen molar-refractivity contribution in [3.63, 3.8) is 0 Å². The molecule has 17 heavy (non-hydrogen) atoms. The van der Waals surface area contributed by atoms with Gasteiger partial charge in [-0.2, -0.15) is 0 Å². The van der Waals surface area contributed by atoms with E-state index in [4.69, 9.17) is 5.73 Å². The van der Waals surface area contributed by atoms with E-state index in [1.165, 1.54) is 18.2 Å². The van der Waals surface area contributed by atoms with Gasteiger partial charge in [0.05, 0.1) is 5.56 Å². The quantitative estimate of drug-likeness (QED) is 0.886. The van der Waals surface area contributed by atoms with Crippen molar-refractivity contribution in [3.8, 4) is 0 Å². The van der Waals surface area contributed by atoms with Gasteiger partial charge < -0.3 is 11.1 Å². The van der Waals surface area contributed by atoms with Crippen molar-refractivity contribution in [2.45, 2.75) is 19.4 Å². The summed E-state index contributed by atoms with van der Waals surface area (Å²) in [5, 5.41) is 2.60. The average Bonchev–Trinajstić information content (AvgIpc) is 2.15. The number of hydrogen-bond acceptors (Lipinski definition) is 2. The van der Waals surface area contributed by atoms with Gasteiger partial charge in [-0.1, -0.05) is 0 Å². The van der Waals surface area contributed by atoms with Crippen LogP contribution in [0.3, 0.4) is 0 Å². The van der Waals surface area contributed by atoms with E-state index < -0.39 is 11.7 Å². The fraction of sp³-hybridized carbons (Fsp3) is 0.273. The van der Waals surface area contributed by atoms with Crippen molar-refractivity contribution in [2.75, 3.05) is 0 Å². The van der Waals surface area contributed by atoms with Crippen LogP contribution >= 0.6 is 15.9 Å². The summed E-state index contributed by atoms with van der Waals surface area (Å²) in [7, 11) is 0. The van der Waals surface area contributed by atoms with Gasteiger partial charge in [0.1, 0.15) is 5.82 Å². The molecule has 3 N–H and O–H groups in total.